The summed E-state index contributed by atoms with van der Waals surface area (Å²) in [5.74, 6) is -3.71. The van der Waals surface area contributed by atoms with Gasteiger partial charge in [-0.1, -0.05) is 28.1 Å². The van der Waals surface area contributed by atoms with Gasteiger partial charge in [-0.25, -0.2) is 8.42 Å². The third-order valence-corrected chi connectivity index (χ3v) is 10.1. The number of methoxy groups -OCH3 is 2. The van der Waals surface area contributed by atoms with Gasteiger partial charge in [0.2, 0.25) is 21.8 Å². The van der Waals surface area contributed by atoms with E-state index in [2.05, 4.69) is 20.7 Å². The predicted molar refractivity (Wildman–Crippen MR) is 146 cm³/mol. The van der Waals surface area contributed by atoms with Crippen LogP contribution in [0.25, 0.3) is 10.8 Å². The standard InChI is InChI=1S/C27H30BrN3O8S/c1-38-26(34)23-20-9-10-21(24(23)27(35)39-2)31(20)22(32)14-30-11-3-4-19(25(30)33)29-40(36,37)18-8-6-15-12-17(28)7-5-16(15)13-18/h5-8,12-13,19-21,23-24,29H,3-4,9-11,14H2,1-2H3. The second-order valence-electron chi connectivity index (χ2n) is 10.3. The summed E-state index contributed by atoms with van der Waals surface area (Å²) >= 11 is 3.40. The van der Waals surface area contributed by atoms with E-state index < -0.39 is 63.7 Å². The minimum absolute atomic E-state index is 0.0414. The summed E-state index contributed by atoms with van der Waals surface area (Å²) in [5.41, 5.74) is 0. The monoisotopic (exact) mass is 635 g/mol. The van der Waals surface area contributed by atoms with E-state index in [1.807, 2.05) is 12.1 Å². The molecule has 5 rings (SSSR count). The molecule has 5 unspecified atom stereocenters. The van der Waals surface area contributed by atoms with Gasteiger partial charge in [-0.05, 0) is 60.7 Å². The quantitative estimate of drug-likeness (QED) is 0.455. The van der Waals surface area contributed by atoms with E-state index in [9.17, 15) is 27.6 Å². The van der Waals surface area contributed by atoms with Crippen molar-refractivity contribution in [3.8, 4) is 0 Å². The molecule has 214 valence electrons. The Hall–Kier alpha value is -3.03. The van der Waals surface area contributed by atoms with E-state index >= 15 is 0 Å². The van der Waals surface area contributed by atoms with Gasteiger partial charge in [0.25, 0.3) is 0 Å². The van der Waals surface area contributed by atoms with Crippen molar-refractivity contribution in [3.05, 3.63) is 40.9 Å². The van der Waals surface area contributed by atoms with Crippen LogP contribution in [0.15, 0.2) is 45.8 Å². The van der Waals surface area contributed by atoms with Crippen molar-refractivity contribution in [1.29, 1.82) is 0 Å². The Bertz CT molecular complexity index is 1450. The van der Waals surface area contributed by atoms with Crippen LogP contribution in [0.5, 0.6) is 0 Å². The predicted octanol–water partition coefficient (Wildman–Crippen LogP) is 1.82. The molecule has 0 aliphatic carbocycles. The molecule has 5 atom stereocenters. The lowest BCUT2D eigenvalue weighted by molar-refractivity contribution is -0.157. The van der Waals surface area contributed by atoms with Crippen LogP contribution in [0, 0.1) is 11.8 Å². The van der Waals surface area contributed by atoms with Crippen molar-refractivity contribution in [2.75, 3.05) is 27.3 Å². The van der Waals surface area contributed by atoms with Crippen molar-refractivity contribution < 1.29 is 37.1 Å². The molecular weight excluding hydrogens is 606 g/mol. The lowest BCUT2D eigenvalue weighted by Gasteiger charge is -2.34. The number of hydrogen-bond acceptors (Lipinski definition) is 8. The zero-order valence-electron chi connectivity index (χ0n) is 22.0. The minimum Gasteiger partial charge on any atom is -0.469 e. The summed E-state index contributed by atoms with van der Waals surface area (Å²) in [5, 5.41) is 1.61. The summed E-state index contributed by atoms with van der Waals surface area (Å²) in [6, 6.07) is 8.17. The van der Waals surface area contributed by atoms with Crippen LogP contribution in [0.4, 0.5) is 0 Å². The molecule has 11 nitrogen and oxygen atoms in total. The van der Waals surface area contributed by atoms with Crippen LogP contribution < -0.4 is 4.72 Å². The first-order valence-electron chi connectivity index (χ1n) is 13.0. The number of amides is 2. The highest BCUT2D eigenvalue weighted by molar-refractivity contribution is 9.10. The highest BCUT2D eigenvalue weighted by atomic mass is 79.9. The second-order valence-corrected chi connectivity index (χ2v) is 13.0. The number of benzene rings is 2. The molecule has 40 heavy (non-hydrogen) atoms. The van der Waals surface area contributed by atoms with Gasteiger partial charge in [-0.2, -0.15) is 4.72 Å². The van der Waals surface area contributed by atoms with Crippen LogP contribution in [-0.4, -0.2) is 87.4 Å². The van der Waals surface area contributed by atoms with Crippen molar-refractivity contribution in [2.45, 2.75) is 48.7 Å². The molecule has 2 bridgehead atoms. The van der Waals surface area contributed by atoms with Crippen molar-refractivity contribution in [1.82, 2.24) is 14.5 Å². The van der Waals surface area contributed by atoms with E-state index in [4.69, 9.17) is 9.47 Å². The van der Waals surface area contributed by atoms with E-state index in [0.29, 0.717) is 25.7 Å². The van der Waals surface area contributed by atoms with Crippen LogP contribution in [0.1, 0.15) is 25.7 Å². The lowest BCUT2D eigenvalue weighted by atomic mass is 9.79. The third-order valence-electron chi connectivity index (χ3n) is 8.16. The van der Waals surface area contributed by atoms with Crippen LogP contribution in [-0.2, 0) is 38.7 Å². The Morgan fingerprint density at radius 1 is 0.950 bits per heavy atom. The number of nitrogens with zero attached hydrogens (tertiary/aromatic N) is 2. The molecule has 3 saturated heterocycles. The molecule has 3 heterocycles. The number of carbonyl (C=O) groups is 4. The molecule has 0 saturated carbocycles. The molecule has 2 amide bonds. The maximum Gasteiger partial charge on any atom is 0.311 e. The van der Waals surface area contributed by atoms with Crippen molar-refractivity contribution in [3.63, 3.8) is 0 Å². The topological polar surface area (TPSA) is 139 Å². The Morgan fingerprint density at radius 3 is 2.17 bits per heavy atom. The molecule has 0 radical (unpaired) electrons. The molecule has 3 fully saturated rings. The minimum atomic E-state index is -4.02. The highest BCUT2D eigenvalue weighted by Crippen LogP contribution is 2.47. The average molecular weight is 637 g/mol. The fourth-order valence-corrected chi connectivity index (χ4v) is 8.01. The van der Waals surface area contributed by atoms with Crippen LogP contribution >= 0.6 is 15.9 Å². The van der Waals surface area contributed by atoms with Gasteiger partial charge < -0.3 is 19.3 Å². The Balaban J connectivity index is 1.29. The summed E-state index contributed by atoms with van der Waals surface area (Å²) in [4.78, 5) is 54.8. The Morgan fingerprint density at radius 2 is 1.55 bits per heavy atom. The van der Waals surface area contributed by atoms with Crippen molar-refractivity contribution in [2.24, 2.45) is 11.8 Å². The number of rotatable bonds is 7. The van der Waals surface area contributed by atoms with Gasteiger partial charge in [-0.3, -0.25) is 19.2 Å². The second kappa shape index (κ2) is 11.1. The largest absolute Gasteiger partial charge is 0.469 e. The molecule has 1 N–H and O–H groups in total. The average Bonchev–Trinajstić information content (AvgIpc) is 3.50. The molecule has 3 aliphatic rings. The number of hydrogen-bond donors (Lipinski definition) is 1. The third kappa shape index (κ3) is 5.10. The molecule has 0 aromatic heterocycles. The maximum atomic E-state index is 13.5. The fraction of sp³-hybridized carbons (Fsp3) is 0.481. The van der Waals surface area contributed by atoms with Crippen LogP contribution in [0.3, 0.4) is 0 Å². The van der Waals surface area contributed by atoms with E-state index in [1.165, 1.54) is 30.1 Å². The van der Waals surface area contributed by atoms with E-state index in [0.717, 1.165) is 15.2 Å². The fourth-order valence-electron chi connectivity index (χ4n) is 6.37. The highest BCUT2D eigenvalue weighted by Gasteiger charge is 2.61. The number of esters is 2. The van der Waals surface area contributed by atoms with Gasteiger partial charge in [0.05, 0.1) is 37.5 Å². The summed E-state index contributed by atoms with van der Waals surface area (Å²) in [7, 11) is -1.55. The number of carbonyl (C=O) groups excluding carboxylic acids is 4. The van der Waals surface area contributed by atoms with Gasteiger partial charge >= 0.3 is 11.9 Å². The zero-order valence-corrected chi connectivity index (χ0v) is 24.4. The smallest absolute Gasteiger partial charge is 0.311 e. The van der Waals surface area contributed by atoms with Gasteiger partial charge in [0, 0.05) is 23.1 Å². The van der Waals surface area contributed by atoms with Gasteiger partial charge in [-0.15, -0.1) is 0 Å². The molecular formula is C27H30BrN3O8S. The van der Waals surface area contributed by atoms with E-state index in [1.54, 1.807) is 18.2 Å². The number of likely N-dealkylation sites (tertiary alicyclic amines) is 1. The molecule has 2 aromatic carbocycles. The first-order chi connectivity index (χ1) is 19.1. The van der Waals surface area contributed by atoms with Crippen LogP contribution in [0.2, 0.25) is 0 Å². The van der Waals surface area contributed by atoms with Gasteiger partial charge in [0.15, 0.2) is 0 Å². The number of halogens is 1. The number of nitrogens with one attached hydrogen (secondary N) is 1. The summed E-state index contributed by atoms with van der Waals surface area (Å²) in [6.07, 6.45) is 1.86. The van der Waals surface area contributed by atoms with Gasteiger partial charge in [0.1, 0.15) is 6.04 Å². The maximum absolute atomic E-state index is 13.5. The summed E-state index contributed by atoms with van der Waals surface area (Å²) < 4.78 is 39.6. The lowest BCUT2D eigenvalue weighted by Crippen LogP contribution is -2.55. The SMILES string of the molecule is COC(=O)C1C(C(=O)OC)C2CCC1N2C(=O)CN1CCCC(NS(=O)(=O)c2ccc3cc(Br)ccc3c2)C1=O. The van der Waals surface area contributed by atoms with E-state index in [-0.39, 0.29) is 18.0 Å². The summed E-state index contributed by atoms with van der Waals surface area (Å²) in [6.45, 7) is 0.00832. The molecule has 13 heteroatoms. The number of fused-ring (bicyclic) bond motifs is 3. The van der Waals surface area contributed by atoms with Crippen molar-refractivity contribution >= 4 is 60.5 Å². The first kappa shape index (κ1) is 28.5. The zero-order chi connectivity index (χ0) is 28.8. The number of sulfonamides is 1. The molecule has 0 spiro atoms. The molecule has 2 aromatic rings. The number of ether oxygens (including phenoxy) is 2. The normalized spacial score (nSPS) is 26.3. The molecule has 3 aliphatic heterocycles. The first-order valence-corrected chi connectivity index (χ1v) is 15.3. The Labute approximate surface area is 240 Å². The number of piperidine rings is 1. The Kier molecular flexibility index (Phi) is 7.90.